The third-order valence-electron chi connectivity index (χ3n) is 7.78. The first-order valence-electron chi connectivity index (χ1n) is 14.2. The zero-order chi connectivity index (χ0) is 29.5. The van der Waals surface area contributed by atoms with Gasteiger partial charge in [-0.3, -0.25) is 0 Å². The van der Waals surface area contributed by atoms with Crippen LogP contribution in [0.5, 0.6) is 5.75 Å². The molecular weight excluding hydrogens is 526 g/mol. The first-order chi connectivity index (χ1) is 19.7. The number of cyclic esters (lactones) is 1. The van der Waals surface area contributed by atoms with Crippen molar-refractivity contribution in [1.82, 2.24) is 0 Å². The van der Waals surface area contributed by atoms with Crippen molar-refractivity contribution in [2.75, 3.05) is 0 Å². The Morgan fingerprint density at radius 1 is 0.976 bits per heavy atom. The highest BCUT2D eigenvalue weighted by atomic mass is 28.4. The van der Waals surface area contributed by atoms with Gasteiger partial charge in [-0.1, -0.05) is 113 Å². The first kappa shape index (κ1) is 30.0. The summed E-state index contributed by atoms with van der Waals surface area (Å²) in [4.78, 5) is 14.0. The van der Waals surface area contributed by atoms with Crippen molar-refractivity contribution in [3.05, 3.63) is 114 Å². The van der Waals surface area contributed by atoms with E-state index in [0.717, 1.165) is 15.9 Å². The number of hydrogen-bond donors (Lipinski definition) is 1. The van der Waals surface area contributed by atoms with E-state index in [9.17, 15) is 9.90 Å². The Morgan fingerprint density at radius 2 is 1.61 bits per heavy atom. The summed E-state index contributed by atoms with van der Waals surface area (Å²) >= 11 is 0. The number of ether oxygens (including phenoxy) is 1. The van der Waals surface area contributed by atoms with Crippen LogP contribution in [0.15, 0.2) is 103 Å². The number of carbonyl (C=O) groups is 1. The van der Waals surface area contributed by atoms with Crippen LogP contribution < -0.4 is 14.8 Å². The number of aliphatic hydroxyl groups is 1. The molecule has 4 rings (SSSR count). The van der Waals surface area contributed by atoms with E-state index in [-0.39, 0.29) is 17.4 Å². The van der Waals surface area contributed by atoms with Gasteiger partial charge in [0.05, 0.1) is 12.2 Å². The number of aliphatic hydroxyl groups excluding tert-OH is 1. The minimum absolute atomic E-state index is 0.0216. The van der Waals surface area contributed by atoms with Crippen LogP contribution in [-0.2, 0) is 11.2 Å². The third-order valence-corrected chi connectivity index (χ3v) is 12.7. The molecule has 0 unspecified atom stereocenters. The zero-order valence-corrected chi connectivity index (χ0v) is 25.3. The second-order valence-electron chi connectivity index (χ2n) is 11.7. The normalized spacial score (nSPS) is 21.1. The molecule has 3 aromatic carbocycles. The molecule has 0 amide bonds. The van der Waals surface area contributed by atoms with Gasteiger partial charge in [-0.05, 0) is 51.9 Å². The van der Waals surface area contributed by atoms with Crippen molar-refractivity contribution in [2.45, 2.75) is 64.2 Å². The van der Waals surface area contributed by atoms with E-state index in [2.05, 4.69) is 51.1 Å². The van der Waals surface area contributed by atoms with Gasteiger partial charge in [0.25, 0.3) is 0 Å². The predicted molar refractivity (Wildman–Crippen MR) is 166 cm³/mol. The molecule has 0 spiro atoms. The van der Waals surface area contributed by atoms with E-state index >= 15 is 0 Å². The SMILES string of the molecule is C[C@@H]1C/C=C/Cc2cccc(O[Si](c3ccccc3)(c3ccccc3)C(C)(C)C)c2C(=O)O[C@H](/C=C/C#N)C[C@@H]1O. The minimum atomic E-state index is -3.03. The second kappa shape index (κ2) is 13.2. The molecule has 41 heavy (non-hydrogen) atoms. The van der Waals surface area contributed by atoms with Gasteiger partial charge in [0.15, 0.2) is 0 Å². The van der Waals surface area contributed by atoms with Gasteiger partial charge in [0.1, 0.15) is 17.4 Å². The average molecular weight is 566 g/mol. The maximum absolute atomic E-state index is 14.0. The summed E-state index contributed by atoms with van der Waals surface area (Å²) in [6.07, 6.45) is 6.90. The monoisotopic (exact) mass is 565 g/mol. The molecule has 6 heteroatoms. The Bertz CT molecular complexity index is 1380. The fraction of sp³-hybridized carbons (Fsp3) is 0.314. The van der Waals surface area contributed by atoms with Crippen molar-refractivity contribution >= 4 is 24.7 Å². The van der Waals surface area contributed by atoms with E-state index in [1.165, 1.54) is 6.08 Å². The maximum Gasteiger partial charge on any atom is 0.342 e. The van der Waals surface area contributed by atoms with Crippen LogP contribution in [0, 0.1) is 17.2 Å². The topological polar surface area (TPSA) is 79.5 Å². The molecule has 3 aromatic rings. The zero-order valence-electron chi connectivity index (χ0n) is 24.3. The van der Waals surface area contributed by atoms with Crippen molar-refractivity contribution in [3.63, 3.8) is 0 Å². The van der Waals surface area contributed by atoms with E-state index < -0.39 is 26.5 Å². The third kappa shape index (κ3) is 6.70. The summed E-state index contributed by atoms with van der Waals surface area (Å²) in [5, 5.41) is 21.9. The molecule has 0 fully saturated rings. The lowest BCUT2D eigenvalue weighted by molar-refractivity contribution is 0.0191. The summed E-state index contributed by atoms with van der Waals surface area (Å²) < 4.78 is 13.3. The van der Waals surface area contributed by atoms with Crippen LogP contribution in [0.4, 0.5) is 0 Å². The lowest BCUT2D eigenvalue weighted by atomic mass is 9.94. The number of nitriles is 1. The van der Waals surface area contributed by atoms with Crippen LogP contribution in [0.2, 0.25) is 5.04 Å². The molecule has 3 atom stereocenters. The van der Waals surface area contributed by atoms with Gasteiger partial charge in [0, 0.05) is 12.5 Å². The number of benzene rings is 3. The molecule has 1 heterocycles. The second-order valence-corrected chi connectivity index (χ2v) is 15.9. The van der Waals surface area contributed by atoms with E-state index in [0.29, 0.717) is 24.2 Å². The number of nitrogens with zero attached hydrogens (tertiary/aromatic N) is 1. The summed E-state index contributed by atoms with van der Waals surface area (Å²) in [6, 6.07) is 28.3. The Labute approximate surface area is 244 Å². The smallest absolute Gasteiger partial charge is 0.342 e. The molecule has 5 nitrogen and oxygen atoms in total. The fourth-order valence-corrected chi connectivity index (χ4v) is 9.97. The van der Waals surface area contributed by atoms with Gasteiger partial charge in [-0.25, -0.2) is 4.79 Å². The number of esters is 1. The molecule has 212 valence electrons. The van der Waals surface area contributed by atoms with Crippen molar-refractivity contribution in [1.29, 1.82) is 5.26 Å². The highest BCUT2D eigenvalue weighted by Gasteiger charge is 2.52. The van der Waals surface area contributed by atoms with Gasteiger partial charge in [0.2, 0.25) is 0 Å². The fourth-order valence-electron chi connectivity index (χ4n) is 5.54. The van der Waals surface area contributed by atoms with Crippen molar-refractivity contribution in [2.24, 2.45) is 5.92 Å². The van der Waals surface area contributed by atoms with Gasteiger partial charge in [-0.2, -0.15) is 5.26 Å². The molecule has 0 bridgehead atoms. The predicted octanol–water partition coefficient (Wildman–Crippen LogP) is 6.12. The molecular formula is C35H39NO4Si. The molecule has 0 aliphatic carbocycles. The van der Waals surface area contributed by atoms with E-state index in [4.69, 9.17) is 14.4 Å². The van der Waals surface area contributed by atoms with Crippen molar-refractivity contribution < 1.29 is 19.1 Å². The van der Waals surface area contributed by atoms with Gasteiger partial charge in [-0.15, -0.1) is 0 Å². The molecule has 1 aliphatic rings. The standard InChI is InChI=1S/C35H39NO4Si/c1-26-15-11-12-16-27-17-13-23-32(33(27)34(38)39-28(18-14-24-36)25-31(26)37)40-41(35(2,3)4,29-19-7-5-8-20-29)30-21-9-6-10-22-30/h5-14,17-23,26,28,31,37H,15-16,25H2,1-4H3/b12-11+,18-14+/t26-,28-,31+/m1/s1. The Balaban J connectivity index is 1.91. The molecule has 0 saturated heterocycles. The van der Waals surface area contributed by atoms with Crippen molar-refractivity contribution in [3.8, 4) is 11.8 Å². The van der Waals surface area contributed by atoms with E-state index in [1.54, 1.807) is 6.08 Å². The maximum atomic E-state index is 14.0. The highest BCUT2D eigenvalue weighted by Crippen LogP contribution is 2.39. The number of hydrogen-bond acceptors (Lipinski definition) is 5. The van der Waals surface area contributed by atoms with Gasteiger partial charge >= 0.3 is 14.3 Å². The number of allylic oxidation sites excluding steroid dienone is 3. The molecule has 0 radical (unpaired) electrons. The highest BCUT2D eigenvalue weighted by molar-refractivity contribution is 7.00. The Kier molecular flexibility index (Phi) is 9.64. The average Bonchev–Trinajstić information content (AvgIpc) is 2.96. The number of fused-ring (bicyclic) bond motifs is 1. The van der Waals surface area contributed by atoms with Crippen LogP contribution in [0.25, 0.3) is 0 Å². The largest absolute Gasteiger partial charge is 0.533 e. The molecule has 0 aromatic heterocycles. The summed E-state index contributed by atoms with van der Waals surface area (Å²) in [6.45, 7) is 8.56. The van der Waals surface area contributed by atoms with Gasteiger partial charge < -0.3 is 14.3 Å². The quantitative estimate of drug-likeness (QED) is 0.175. The Morgan fingerprint density at radius 3 is 2.20 bits per heavy atom. The van der Waals surface area contributed by atoms with Crippen LogP contribution in [-0.4, -0.2) is 31.6 Å². The van der Waals surface area contributed by atoms with Crippen LogP contribution >= 0.6 is 0 Å². The molecule has 1 N–H and O–H groups in total. The first-order valence-corrected chi connectivity index (χ1v) is 16.1. The lowest BCUT2D eigenvalue weighted by Crippen LogP contribution is -2.69. The minimum Gasteiger partial charge on any atom is -0.533 e. The lowest BCUT2D eigenvalue weighted by Gasteiger charge is -2.43. The van der Waals surface area contributed by atoms with Crippen LogP contribution in [0.3, 0.4) is 0 Å². The Hall–Kier alpha value is -3.92. The number of rotatable bonds is 5. The molecule has 0 saturated carbocycles. The van der Waals surface area contributed by atoms with Crippen LogP contribution in [0.1, 0.15) is 56.5 Å². The van der Waals surface area contributed by atoms with E-state index in [1.807, 2.05) is 73.7 Å². The molecule has 1 aliphatic heterocycles. The summed E-state index contributed by atoms with van der Waals surface area (Å²) in [5.74, 6) is -0.0780. The summed E-state index contributed by atoms with van der Waals surface area (Å²) in [7, 11) is -3.03. The number of carbonyl (C=O) groups excluding carboxylic acids is 1. The summed E-state index contributed by atoms with van der Waals surface area (Å²) in [5.41, 5.74) is 1.18.